The Morgan fingerprint density at radius 3 is 2.28 bits per heavy atom. The summed E-state index contributed by atoms with van der Waals surface area (Å²) in [6.45, 7) is 6.97. The van der Waals surface area contributed by atoms with E-state index in [1.165, 1.54) is 0 Å². The topological polar surface area (TPSA) is 48.1 Å². The van der Waals surface area contributed by atoms with Crippen LogP contribution in [0.15, 0.2) is 0 Å². The number of piperazine rings is 1. The first-order valence-electron chi connectivity index (χ1n) is 8.58. The van der Waals surface area contributed by atoms with Gasteiger partial charge in [-0.25, -0.2) is 4.79 Å². The third-order valence-corrected chi connectivity index (χ3v) is 4.57. The van der Waals surface area contributed by atoms with Crippen molar-refractivity contribution in [3.63, 3.8) is 0 Å². The van der Waals surface area contributed by atoms with Gasteiger partial charge in [0, 0.05) is 51.4 Å². The van der Waals surface area contributed by atoms with Crippen molar-refractivity contribution in [3.8, 4) is 0 Å². The molecule has 0 aromatic carbocycles. The number of nitrogens with zero attached hydrogens (tertiary/aromatic N) is 3. The molecule has 1 fully saturated rings. The molecular formula is C16H31F3N4O2. The maximum absolute atomic E-state index is 12.2. The maximum atomic E-state index is 12.2. The lowest BCUT2D eigenvalue weighted by Gasteiger charge is -2.37. The van der Waals surface area contributed by atoms with Gasteiger partial charge in [0.15, 0.2) is 0 Å². The van der Waals surface area contributed by atoms with E-state index >= 15 is 0 Å². The van der Waals surface area contributed by atoms with Crippen molar-refractivity contribution in [1.29, 1.82) is 0 Å². The molecule has 25 heavy (non-hydrogen) atoms. The van der Waals surface area contributed by atoms with Crippen LogP contribution < -0.4 is 5.32 Å². The number of nitrogens with one attached hydrogen (secondary N) is 1. The van der Waals surface area contributed by atoms with E-state index in [-0.39, 0.29) is 18.2 Å². The summed E-state index contributed by atoms with van der Waals surface area (Å²) in [5, 5.41) is 2.96. The van der Waals surface area contributed by atoms with Gasteiger partial charge in [0.2, 0.25) is 0 Å². The monoisotopic (exact) mass is 368 g/mol. The average molecular weight is 368 g/mol. The van der Waals surface area contributed by atoms with E-state index in [0.29, 0.717) is 32.6 Å². The Hall–Kier alpha value is -1.06. The summed E-state index contributed by atoms with van der Waals surface area (Å²) in [4.78, 5) is 18.2. The smallest absolute Gasteiger partial charge is 0.372 e. The van der Waals surface area contributed by atoms with Crippen LogP contribution >= 0.6 is 0 Å². The van der Waals surface area contributed by atoms with Crippen molar-refractivity contribution in [2.75, 3.05) is 66.6 Å². The van der Waals surface area contributed by atoms with E-state index < -0.39 is 12.8 Å². The number of rotatable bonds is 8. The summed E-state index contributed by atoms with van der Waals surface area (Å²) < 4.78 is 40.5. The van der Waals surface area contributed by atoms with Crippen LogP contribution in [0.1, 0.15) is 20.3 Å². The van der Waals surface area contributed by atoms with Crippen molar-refractivity contribution in [2.45, 2.75) is 32.0 Å². The Morgan fingerprint density at radius 1 is 1.16 bits per heavy atom. The molecule has 1 rings (SSSR count). The number of halogens is 3. The van der Waals surface area contributed by atoms with E-state index in [1.54, 1.807) is 4.90 Å². The molecule has 0 radical (unpaired) electrons. The number of urea groups is 1. The Bertz CT molecular complexity index is 409. The molecule has 0 bridgehead atoms. The minimum absolute atomic E-state index is 0.0666. The Kier molecular flexibility index (Phi) is 8.43. The normalized spacial score (nSPS) is 17.2. The number of carbonyl (C=O) groups is 1. The van der Waals surface area contributed by atoms with Gasteiger partial charge in [-0.15, -0.1) is 0 Å². The van der Waals surface area contributed by atoms with Gasteiger partial charge in [-0.2, -0.15) is 13.2 Å². The van der Waals surface area contributed by atoms with Gasteiger partial charge in [0.25, 0.3) is 0 Å². The van der Waals surface area contributed by atoms with Crippen LogP contribution in [-0.4, -0.2) is 99.0 Å². The predicted molar refractivity (Wildman–Crippen MR) is 90.7 cm³/mol. The zero-order valence-corrected chi connectivity index (χ0v) is 15.7. The molecule has 2 amide bonds. The van der Waals surface area contributed by atoms with Crippen LogP contribution in [0.3, 0.4) is 0 Å². The van der Waals surface area contributed by atoms with E-state index in [0.717, 1.165) is 13.1 Å². The number of amides is 2. The van der Waals surface area contributed by atoms with Crippen LogP contribution in [0, 0.1) is 0 Å². The molecule has 1 aliphatic heterocycles. The maximum Gasteiger partial charge on any atom is 0.411 e. The highest BCUT2D eigenvalue weighted by Gasteiger charge is 2.27. The van der Waals surface area contributed by atoms with Crippen molar-refractivity contribution in [1.82, 2.24) is 20.0 Å². The van der Waals surface area contributed by atoms with Crippen molar-refractivity contribution in [3.05, 3.63) is 0 Å². The summed E-state index contributed by atoms with van der Waals surface area (Å²) in [6, 6.07) is -0.0666. The first-order valence-corrected chi connectivity index (χ1v) is 8.58. The second kappa shape index (κ2) is 9.59. The number of carbonyl (C=O) groups excluding carboxylic acids is 1. The van der Waals surface area contributed by atoms with E-state index in [1.807, 2.05) is 14.1 Å². The van der Waals surface area contributed by atoms with Crippen LogP contribution in [0.4, 0.5) is 18.0 Å². The number of likely N-dealkylation sites (N-methyl/N-ethyl adjacent to an activating group) is 1. The van der Waals surface area contributed by atoms with Crippen LogP contribution in [0.25, 0.3) is 0 Å². The molecule has 9 heteroatoms. The minimum atomic E-state index is -4.26. The quantitative estimate of drug-likeness (QED) is 0.662. The molecule has 0 saturated carbocycles. The molecule has 1 N–H and O–H groups in total. The van der Waals surface area contributed by atoms with Gasteiger partial charge in [-0.3, -0.25) is 4.90 Å². The molecule has 0 aromatic rings. The number of alkyl halides is 3. The molecule has 148 valence electrons. The third kappa shape index (κ3) is 8.73. The second-order valence-electron chi connectivity index (χ2n) is 7.22. The molecule has 1 aliphatic rings. The fourth-order valence-electron chi connectivity index (χ4n) is 2.31. The molecule has 0 spiro atoms. The largest absolute Gasteiger partial charge is 0.411 e. The fourth-order valence-corrected chi connectivity index (χ4v) is 2.31. The summed E-state index contributed by atoms with van der Waals surface area (Å²) in [5.74, 6) is 0. The standard InChI is InChI=1S/C16H31F3N4O2/c1-15(2,21(3)4)12-20-14(24)23-9-7-22(8-10-23)6-5-11-25-13-16(17,18)19/h5-13H2,1-4H3,(H,20,24). The van der Waals surface area contributed by atoms with Crippen molar-refractivity contribution >= 4 is 6.03 Å². The van der Waals surface area contributed by atoms with Crippen LogP contribution in [0.5, 0.6) is 0 Å². The minimum Gasteiger partial charge on any atom is -0.372 e. The fraction of sp³-hybridized carbons (Fsp3) is 0.938. The lowest BCUT2D eigenvalue weighted by atomic mass is 10.0. The van der Waals surface area contributed by atoms with Gasteiger partial charge < -0.3 is 19.9 Å². The summed E-state index contributed by atoms with van der Waals surface area (Å²) >= 11 is 0. The zero-order valence-electron chi connectivity index (χ0n) is 15.7. The van der Waals surface area contributed by atoms with E-state index in [9.17, 15) is 18.0 Å². The summed E-state index contributed by atoms with van der Waals surface area (Å²) in [6.07, 6.45) is -3.71. The Morgan fingerprint density at radius 2 is 1.76 bits per heavy atom. The first kappa shape index (κ1) is 22.0. The van der Waals surface area contributed by atoms with Crippen molar-refractivity contribution < 1.29 is 22.7 Å². The molecular weight excluding hydrogens is 337 g/mol. The van der Waals surface area contributed by atoms with Gasteiger partial charge >= 0.3 is 12.2 Å². The van der Waals surface area contributed by atoms with E-state index in [2.05, 4.69) is 33.7 Å². The Labute approximate surface area is 148 Å². The molecule has 1 heterocycles. The van der Waals surface area contributed by atoms with E-state index in [4.69, 9.17) is 0 Å². The highest BCUT2D eigenvalue weighted by Crippen LogP contribution is 2.14. The van der Waals surface area contributed by atoms with Crippen LogP contribution in [-0.2, 0) is 4.74 Å². The zero-order chi connectivity index (χ0) is 19.1. The lowest BCUT2D eigenvalue weighted by molar-refractivity contribution is -0.174. The second-order valence-corrected chi connectivity index (χ2v) is 7.22. The third-order valence-electron chi connectivity index (χ3n) is 4.57. The van der Waals surface area contributed by atoms with Crippen molar-refractivity contribution in [2.24, 2.45) is 0 Å². The van der Waals surface area contributed by atoms with Gasteiger partial charge in [-0.1, -0.05) is 0 Å². The first-order chi connectivity index (χ1) is 11.5. The molecule has 0 aromatic heterocycles. The Balaban J connectivity index is 2.17. The molecule has 0 atom stereocenters. The van der Waals surface area contributed by atoms with Gasteiger partial charge in [0.05, 0.1) is 0 Å². The number of hydrogen-bond donors (Lipinski definition) is 1. The van der Waals surface area contributed by atoms with Gasteiger partial charge in [0.1, 0.15) is 6.61 Å². The summed E-state index contributed by atoms with van der Waals surface area (Å²) in [5.41, 5.74) is -0.117. The predicted octanol–water partition coefficient (Wildman–Crippen LogP) is 1.62. The molecule has 0 aliphatic carbocycles. The highest BCUT2D eigenvalue weighted by atomic mass is 19.4. The number of ether oxygens (including phenoxy) is 1. The molecule has 0 unspecified atom stereocenters. The SMILES string of the molecule is CN(C)C(C)(C)CNC(=O)N1CCN(CCCOCC(F)(F)F)CC1. The molecule has 6 nitrogen and oxygen atoms in total. The lowest BCUT2D eigenvalue weighted by Crippen LogP contribution is -2.55. The summed E-state index contributed by atoms with van der Waals surface area (Å²) in [7, 11) is 3.95. The average Bonchev–Trinajstić information content (AvgIpc) is 2.51. The highest BCUT2D eigenvalue weighted by molar-refractivity contribution is 5.74. The van der Waals surface area contributed by atoms with Crippen LogP contribution in [0.2, 0.25) is 0 Å². The van der Waals surface area contributed by atoms with Gasteiger partial charge in [-0.05, 0) is 34.4 Å². The molecule has 1 saturated heterocycles. The number of hydrogen-bond acceptors (Lipinski definition) is 4.